The van der Waals surface area contributed by atoms with E-state index in [0.717, 1.165) is 36.3 Å². The molecule has 0 aliphatic carbocycles. The molecule has 39 heavy (non-hydrogen) atoms. The number of aliphatic hydroxyl groups is 1. The first-order valence-electron chi connectivity index (χ1n) is 12.3. The summed E-state index contributed by atoms with van der Waals surface area (Å²) in [5.74, 6) is -2.43. The van der Waals surface area contributed by atoms with Crippen LogP contribution in [0.2, 0.25) is 0 Å². The fourth-order valence-corrected chi connectivity index (χ4v) is 4.37. The van der Waals surface area contributed by atoms with E-state index in [0.29, 0.717) is 17.9 Å². The van der Waals surface area contributed by atoms with Crippen LogP contribution in [0.5, 0.6) is 11.5 Å². The Bertz CT molecular complexity index is 1490. The van der Waals surface area contributed by atoms with Crippen molar-refractivity contribution in [2.75, 3.05) is 11.5 Å². The predicted octanol–water partition coefficient (Wildman–Crippen LogP) is 5.37. The number of phenols is 1. The highest BCUT2D eigenvalue weighted by molar-refractivity contribution is 6.51. The number of ketones is 1. The fraction of sp³-hybridized carbons (Fsp3) is 0.207. The van der Waals surface area contributed by atoms with Crippen molar-refractivity contribution in [1.82, 2.24) is 0 Å². The summed E-state index contributed by atoms with van der Waals surface area (Å²) < 4.78 is 5.70. The first kappa shape index (κ1) is 26.9. The Morgan fingerprint density at radius 2 is 1.77 bits per heavy atom. The van der Waals surface area contributed by atoms with Gasteiger partial charge in [0.2, 0.25) is 0 Å². The molecule has 2 N–H and O–H groups in total. The van der Waals surface area contributed by atoms with Gasteiger partial charge in [-0.15, -0.1) is 0 Å². The van der Waals surface area contributed by atoms with Gasteiger partial charge in [-0.1, -0.05) is 25.8 Å². The molecule has 10 nitrogen and oxygen atoms in total. The van der Waals surface area contributed by atoms with Crippen molar-refractivity contribution in [3.05, 3.63) is 99.1 Å². The number of anilines is 1. The maximum atomic E-state index is 13.3. The molecule has 1 amide bonds. The maximum absolute atomic E-state index is 13.3. The maximum Gasteiger partial charge on any atom is 0.311 e. The molecular weight excluding hydrogens is 502 g/mol. The van der Waals surface area contributed by atoms with Gasteiger partial charge in [0, 0.05) is 17.3 Å². The van der Waals surface area contributed by atoms with Gasteiger partial charge in [-0.2, -0.15) is 5.26 Å². The van der Waals surface area contributed by atoms with Gasteiger partial charge in [-0.3, -0.25) is 24.6 Å². The Kier molecular flexibility index (Phi) is 7.91. The van der Waals surface area contributed by atoms with Crippen LogP contribution in [0, 0.1) is 21.4 Å². The van der Waals surface area contributed by atoms with Crippen LogP contribution in [0.4, 0.5) is 11.4 Å². The largest absolute Gasteiger partial charge is 0.507 e. The molecule has 0 radical (unpaired) electrons. The average molecular weight is 528 g/mol. The number of hydrogen-bond acceptors (Lipinski definition) is 8. The van der Waals surface area contributed by atoms with E-state index in [2.05, 4.69) is 6.92 Å². The van der Waals surface area contributed by atoms with E-state index in [9.17, 15) is 29.9 Å². The summed E-state index contributed by atoms with van der Waals surface area (Å²) >= 11 is 0. The molecule has 1 saturated heterocycles. The number of nitro benzene ring substituents is 1. The van der Waals surface area contributed by atoms with Crippen LogP contribution in [-0.4, -0.2) is 33.4 Å². The van der Waals surface area contributed by atoms with Crippen molar-refractivity contribution in [2.45, 2.75) is 32.2 Å². The molecule has 1 atom stereocenters. The van der Waals surface area contributed by atoms with Crippen molar-refractivity contribution in [2.24, 2.45) is 0 Å². The molecule has 1 aliphatic rings. The second-order valence-electron chi connectivity index (χ2n) is 8.91. The number of benzene rings is 3. The molecule has 198 valence electrons. The molecule has 0 spiro atoms. The van der Waals surface area contributed by atoms with Gasteiger partial charge in [0.15, 0.2) is 5.75 Å². The minimum atomic E-state index is -1.25. The number of unbranched alkanes of at least 4 members (excludes halogenated alkanes) is 2. The highest BCUT2D eigenvalue weighted by atomic mass is 16.6. The minimum absolute atomic E-state index is 0.125. The molecule has 3 aromatic rings. The van der Waals surface area contributed by atoms with E-state index < -0.39 is 39.9 Å². The Morgan fingerprint density at radius 3 is 2.38 bits per heavy atom. The van der Waals surface area contributed by atoms with Crippen LogP contribution in [0.3, 0.4) is 0 Å². The third kappa shape index (κ3) is 5.43. The van der Waals surface area contributed by atoms with Crippen molar-refractivity contribution in [1.29, 1.82) is 5.26 Å². The van der Waals surface area contributed by atoms with Crippen LogP contribution in [0.15, 0.2) is 72.3 Å². The van der Waals surface area contributed by atoms with Gasteiger partial charge in [-0.25, -0.2) is 0 Å². The quantitative estimate of drug-likeness (QED) is 0.0940. The van der Waals surface area contributed by atoms with Crippen molar-refractivity contribution < 1.29 is 29.5 Å². The molecule has 1 aliphatic heterocycles. The lowest BCUT2D eigenvalue weighted by Crippen LogP contribution is -2.29. The van der Waals surface area contributed by atoms with E-state index >= 15 is 0 Å². The number of hydrogen-bond donors (Lipinski definition) is 2. The van der Waals surface area contributed by atoms with Crippen molar-refractivity contribution >= 4 is 28.8 Å². The molecular formula is C29H25N3O7. The highest BCUT2D eigenvalue weighted by Crippen LogP contribution is 2.44. The molecule has 4 rings (SSSR count). The lowest BCUT2D eigenvalue weighted by molar-refractivity contribution is -0.385. The number of carbonyl (C=O) groups is 2. The van der Waals surface area contributed by atoms with Crippen molar-refractivity contribution in [3.63, 3.8) is 0 Å². The second-order valence-corrected chi connectivity index (χ2v) is 8.91. The molecule has 1 heterocycles. The Hall–Kier alpha value is -5.17. The van der Waals surface area contributed by atoms with E-state index in [1.165, 1.54) is 30.3 Å². The van der Waals surface area contributed by atoms with Crippen LogP contribution in [0.1, 0.15) is 48.9 Å². The summed E-state index contributed by atoms with van der Waals surface area (Å²) in [6.07, 6.45) is 2.99. The third-order valence-corrected chi connectivity index (χ3v) is 6.38. The molecule has 0 aromatic heterocycles. The first-order valence-corrected chi connectivity index (χ1v) is 12.3. The Labute approximate surface area is 224 Å². The zero-order valence-corrected chi connectivity index (χ0v) is 21.0. The lowest BCUT2D eigenvalue weighted by Gasteiger charge is -2.25. The molecule has 1 unspecified atom stereocenters. The number of aliphatic hydroxyl groups excluding tert-OH is 1. The smallest absolute Gasteiger partial charge is 0.311 e. The SMILES string of the molecule is CCCCCOc1ccc(/C(O)=C2/C(=O)C(=O)N(c3ccc(C#N)cc3)C2c2ccc(O)c([N+](=O)[O-])c2)cc1. The number of amides is 1. The molecule has 10 heteroatoms. The summed E-state index contributed by atoms with van der Waals surface area (Å²) in [5, 5.41) is 41.9. The average Bonchev–Trinajstić information content (AvgIpc) is 3.21. The summed E-state index contributed by atoms with van der Waals surface area (Å²) in [6.45, 7) is 2.63. The zero-order chi connectivity index (χ0) is 28.1. The summed E-state index contributed by atoms with van der Waals surface area (Å²) in [4.78, 5) is 38.4. The summed E-state index contributed by atoms with van der Waals surface area (Å²) in [5.41, 5.74) is 0.0341. The summed E-state index contributed by atoms with van der Waals surface area (Å²) in [6, 6.07) is 16.5. The molecule has 1 fully saturated rings. The first-order chi connectivity index (χ1) is 18.8. The summed E-state index contributed by atoms with van der Waals surface area (Å²) in [7, 11) is 0. The third-order valence-electron chi connectivity index (χ3n) is 6.38. The number of nitrogens with zero attached hydrogens (tertiary/aromatic N) is 3. The predicted molar refractivity (Wildman–Crippen MR) is 142 cm³/mol. The Morgan fingerprint density at radius 1 is 1.08 bits per heavy atom. The van der Waals surface area contributed by atoms with Crippen LogP contribution in [0.25, 0.3) is 5.76 Å². The molecule has 0 saturated carbocycles. The van der Waals surface area contributed by atoms with E-state index in [1.54, 1.807) is 24.3 Å². The Balaban J connectivity index is 1.82. The second kappa shape index (κ2) is 11.5. The van der Waals surface area contributed by atoms with Crippen LogP contribution < -0.4 is 9.64 Å². The minimum Gasteiger partial charge on any atom is -0.507 e. The van der Waals surface area contributed by atoms with Gasteiger partial charge < -0.3 is 14.9 Å². The van der Waals surface area contributed by atoms with Gasteiger partial charge in [0.05, 0.1) is 34.8 Å². The van der Waals surface area contributed by atoms with Crippen LogP contribution in [-0.2, 0) is 9.59 Å². The van der Waals surface area contributed by atoms with Gasteiger partial charge >= 0.3 is 5.69 Å². The highest BCUT2D eigenvalue weighted by Gasteiger charge is 2.47. The van der Waals surface area contributed by atoms with Crippen LogP contribution >= 0.6 is 0 Å². The standard InChI is InChI=1S/C29H25N3O7/c1-2-3-4-15-39-22-12-7-19(8-13-22)27(34)25-26(20-9-14-24(33)23(16-20)32(37)38)31(29(36)28(25)35)21-10-5-18(17-30)6-11-21/h5-14,16,26,33-34H,2-4,15H2,1H3/b27-25-. The number of carbonyl (C=O) groups excluding carboxylic acids is 2. The number of ether oxygens (including phenoxy) is 1. The number of aromatic hydroxyl groups is 1. The van der Waals surface area contributed by atoms with Crippen molar-refractivity contribution in [3.8, 4) is 17.6 Å². The topological polar surface area (TPSA) is 154 Å². The number of nitriles is 1. The number of rotatable bonds is 9. The molecule has 3 aromatic carbocycles. The monoisotopic (exact) mass is 527 g/mol. The van der Waals surface area contributed by atoms with Gasteiger partial charge in [-0.05, 0) is 66.6 Å². The number of nitro groups is 1. The van der Waals surface area contributed by atoms with Gasteiger partial charge in [0.25, 0.3) is 11.7 Å². The fourth-order valence-electron chi connectivity index (χ4n) is 4.37. The lowest BCUT2D eigenvalue weighted by atomic mass is 9.94. The molecule has 0 bridgehead atoms. The van der Waals surface area contributed by atoms with E-state index in [1.807, 2.05) is 6.07 Å². The zero-order valence-electron chi connectivity index (χ0n) is 21.0. The number of Topliss-reactive ketones (excluding diaryl/α,β-unsaturated/α-hetero) is 1. The number of phenolic OH excluding ortho intramolecular Hbond substituents is 1. The van der Waals surface area contributed by atoms with E-state index in [-0.39, 0.29) is 22.4 Å². The van der Waals surface area contributed by atoms with E-state index in [4.69, 9.17) is 10.00 Å². The van der Waals surface area contributed by atoms with Gasteiger partial charge in [0.1, 0.15) is 11.5 Å². The normalized spacial score (nSPS) is 16.2.